The van der Waals surface area contributed by atoms with E-state index in [1.54, 1.807) is 31.4 Å². The van der Waals surface area contributed by atoms with Crippen LogP contribution in [0, 0.1) is 5.82 Å². The molecule has 1 aliphatic rings. The molecule has 2 heterocycles. The summed E-state index contributed by atoms with van der Waals surface area (Å²) in [6, 6.07) is 8.32. The van der Waals surface area contributed by atoms with Crippen molar-refractivity contribution in [3.8, 4) is 11.5 Å². The van der Waals surface area contributed by atoms with E-state index < -0.39 is 0 Å². The van der Waals surface area contributed by atoms with Crippen molar-refractivity contribution in [2.75, 3.05) is 51.9 Å². The Morgan fingerprint density at radius 1 is 1.16 bits per heavy atom. The first-order valence-electron chi connectivity index (χ1n) is 10.00. The molecule has 1 saturated heterocycles. The summed E-state index contributed by atoms with van der Waals surface area (Å²) in [6.07, 6.45) is 0.894. The number of hydrogen-bond donors (Lipinski definition) is 1. The topological polar surface area (TPSA) is 81.6 Å². The van der Waals surface area contributed by atoms with Crippen LogP contribution in [0.1, 0.15) is 6.42 Å². The Balaban J connectivity index is 1.48. The molecule has 0 radical (unpaired) electrons. The molecule has 0 saturated carbocycles. The van der Waals surface area contributed by atoms with Crippen LogP contribution in [-0.4, -0.2) is 66.9 Å². The lowest BCUT2D eigenvalue weighted by Crippen LogP contribution is -2.37. The average Bonchev–Trinajstić information content (AvgIpc) is 2.79. The summed E-state index contributed by atoms with van der Waals surface area (Å²) in [7, 11) is 1.58. The fraction of sp³-hybridized carbons (Fsp3) is 0.381. The number of morpholine rings is 1. The summed E-state index contributed by atoms with van der Waals surface area (Å²) in [5, 5.41) is 15.8. The second kappa shape index (κ2) is 10.2. The van der Waals surface area contributed by atoms with Crippen LogP contribution in [0.3, 0.4) is 0 Å². The van der Waals surface area contributed by atoms with Crippen molar-refractivity contribution in [3.63, 3.8) is 0 Å². The predicted octanol–water partition coefficient (Wildman–Crippen LogP) is 3.78. The molecule has 0 bridgehead atoms. The van der Waals surface area contributed by atoms with Crippen molar-refractivity contribution in [1.29, 1.82) is 0 Å². The van der Waals surface area contributed by atoms with Gasteiger partial charge in [-0.1, -0.05) is 0 Å². The minimum atomic E-state index is -0.373. The number of ether oxygens (including phenoxy) is 3. The van der Waals surface area contributed by atoms with Gasteiger partial charge in [-0.3, -0.25) is 4.90 Å². The quantitative estimate of drug-likeness (QED) is 0.476. The number of anilines is 2. The van der Waals surface area contributed by atoms with E-state index in [2.05, 4.69) is 41.6 Å². The highest BCUT2D eigenvalue weighted by atomic mass is 79.9. The van der Waals surface area contributed by atoms with Gasteiger partial charge in [0.25, 0.3) is 0 Å². The normalized spacial score (nSPS) is 14.5. The van der Waals surface area contributed by atoms with E-state index in [0.29, 0.717) is 45.0 Å². The summed E-state index contributed by atoms with van der Waals surface area (Å²) in [5.74, 6) is 1.24. The molecule has 1 aromatic heterocycles. The van der Waals surface area contributed by atoms with Gasteiger partial charge in [0.1, 0.15) is 11.3 Å². The highest BCUT2D eigenvalue weighted by Gasteiger charge is 2.14. The van der Waals surface area contributed by atoms with Gasteiger partial charge < -0.3 is 19.5 Å². The van der Waals surface area contributed by atoms with Gasteiger partial charge in [-0.05, 0) is 51.8 Å². The second-order valence-corrected chi connectivity index (χ2v) is 7.92. The van der Waals surface area contributed by atoms with E-state index in [0.717, 1.165) is 39.3 Å². The first-order valence-corrected chi connectivity index (χ1v) is 10.8. The zero-order valence-electron chi connectivity index (χ0n) is 17.1. The summed E-state index contributed by atoms with van der Waals surface area (Å²) >= 11 is 3.15. The molecular formula is C21H23BrFN5O3. The molecule has 0 spiro atoms. The minimum absolute atomic E-state index is 0.373. The van der Waals surface area contributed by atoms with E-state index in [-0.39, 0.29) is 5.82 Å². The Bertz CT molecular complexity index is 1050. The van der Waals surface area contributed by atoms with Gasteiger partial charge >= 0.3 is 0 Å². The fourth-order valence-electron chi connectivity index (χ4n) is 3.36. The molecule has 1 aliphatic heterocycles. The van der Waals surface area contributed by atoms with E-state index >= 15 is 0 Å². The van der Waals surface area contributed by atoms with Crippen LogP contribution in [0.4, 0.5) is 15.9 Å². The highest BCUT2D eigenvalue weighted by Crippen LogP contribution is 2.34. The van der Waals surface area contributed by atoms with Crippen LogP contribution < -0.4 is 14.8 Å². The number of halogens is 2. The van der Waals surface area contributed by atoms with Gasteiger partial charge in [-0.2, -0.15) is 0 Å². The zero-order valence-corrected chi connectivity index (χ0v) is 18.7. The predicted molar refractivity (Wildman–Crippen MR) is 119 cm³/mol. The van der Waals surface area contributed by atoms with Gasteiger partial charge in [-0.15, -0.1) is 10.2 Å². The molecule has 0 aliphatic carbocycles. The monoisotopic (exact) mass is 491 g/mol. The number of methoxy groups -OCH3 is 1. The molecule has 31 heavy (non-hydrogen) atoms. The molecular weight excluding hydrogens is 469 g/mol. The van der Waals surface area contributed by atoms with E-state index in [1.807, 2.05) is 0 Å². The minimum Gasteiger partial charge on any atom is -0.493 e. The number of nitrogens with zero attached hydrogens (tertiary/aromatic N) is 4. The van der Waals surface area contributed by atoms with Crippen molar-refractivity contribution >= 4 is 38.3 Å². The Labute approximate surface area is 187 Å². The first kappa shape index (κ1) is 21.7. The van der Waals surface area contributed by atoms with Gasteiger partial charge in [0.2, 0.25) is 0 Å². The van der Waals surface area contributed by atoms with Gasteiger partial charge in [0.05, 0.1) is 36.8 Å². The molecule has 4 rings (SSSR count). The number of aromatic nitrogens is 3. The third-order valence-corrected chi connectivity index (χ3v) is 5.64. The van der Waals surface area contributed by atoms with Gasteiger partial charge in [-0.25, -0.2) is 4.39 Å². The van der Waals surface area contributed by atoms with Crippen molar-refractivity contribution in [2.45, 2.75) is 6.42 Å². The van der Waals surface area contributed by atoms with E-state index in [1.165, 1.54) is 6.07 Å². The van der Waals surface area contributed by atoms with Crippen LogP contribution in [0.15, 0.2) is 34.8 Å². The Kier molecular flexibility index (Phi) is 7.10. The molecule has 0 amide bonds. The van der Waals surface area contributed by atoms with Crippen LogP contribution in [0.2, 0.25) is 0 Å². The number of fused-ring (bicyclic) bond motifs is 1. The standard InChI is InChI=1S/C21H23BrFN5O3/c1-29-19-12-15-18(13-20(19)31-8-2-5-28-6-9-30-10-7-28)25-27-26-21(15)24-14-3-4-16(22)17(23)11-14/h3-4,11-13H,2,5-10H2,1H3,(H,24,25,26). The molecule has 164 valence electrons. The lowest BCUT2D eigenvalue weighted by Gasteiger charge is -2.26. The Morgan fingerprint density at radius 3 is 2.77 bits per heavy atom. The zero-order chi connectivity index (χ0) is 21.6. The molecule has 0 atom stereocenters. The molecule has 2 aromatic carbocycles. The Hall–Kier alpha value is -2.56. The van der Waals surface area contributed by atoms with Crippen LogP contribution >= 0.6 is 15.9 Å². The molecule has 3 aromatic rings. The molecule has 0 unspecified atom stereocenters. The average molecular weight is 492 g/mol. The number of benzene rings is 2. The van der Waals surface area contributed by atoms with E-state index in [9.17, 15) is 4.39 Å². The number of hydrogen-bond acceptors (Lipinski definition) is 8. The van der Waals surface area contributed by atoms with Gasteiger partial charge in [0, 0.05) is 31.4 Å². The smallest absolute Gasteiger partial charge is 0.164 e. The first-order chi connectivity index (χ1) is 15.1. The largest absolute Gasteiger partial charge is 0.493 e. The molecule has 8 nitrogen and oxygen atoms in total. The van der Waals surface area contributed by atoms with E-state index in [4.69, 9.17) is 14.2 Å². The lowest BCUT2D eigenvalue weighted by atomic mass is 10.2. The summed E-state index contributed by atoms with van der Waals surface area (Å²) in [5.41, 5.74) is 1.14. The van der Waals surface area contributed by atoms with Crippen molar-refractivity contribution < 1.29 is 18.6 Å². The summed E-state index contributed by atoms with van der Waals surface area (Å²) in [6.45, 7) is 5.01. The third-order valence-electron chi connectivity index (χ3n) is 5.00. The molecule has 10 heteroatoms. The van der Waals surface area contributed by atoms with Gasteiger partial charge in [0.15, 0.2) is 17.3 Å². The lowest BCUT2D eigenvalue weighted by molar-refractivity contribution is 0.0357. The number of rotatable bonds is 8. The van der Waals surface area contributed by atoms with Crippen LogP contribution in [0.25, 0.3) is 10.9 Å². The fourth-order valence-corrected chi connectivity index (χ4v) is 3.61. The van der Waals surface area contributed by atoms with Crippen LogP contribution in [0.5, 0.6) is 11.5 Å². The summed E-state index contributed by atoms with van der Waals surface area (Å²) < 4.78 is 31.1. The van der Waals surface area contributed by atoms with Crippen LogP contribution in [-0.2, 0) is 4.74 Å². The maximum Gasteiger partial charge on any atom is 0.164 e. The summed E-state index contributed by atoms with van der Waals surface area (Å²) in [4.78, 5) is 2.37. The maximum absolute atomic E-state index is 13.9. The Morgan fingerprint density at radius 2 is 2.00 bits per heavy atom. The number of nitrogens with one attached hydrogen (secondary N) is 1. The molecule has 1 fully saturated rings. The second-order valence-electron chi connectivity index (χ2n) is 7.07. The molecule has 1 N–H and O–H groups in total. The van der Waals surface area contributed by atoms with Crippen molar-refractivity contribution in [2.24, 2.45) is 0 Å². The van der Waals surface area contributed by atoms with Crippen molar-refractivity contribution in [3.05, 3.63) is 40.6 Å². The maximum atomic E-state index is 13.9. The third kappa shape index (κ3) is 5.38. The van der Waals surface area contributed by atoms with Crippen molar-refractivity contribution in [1.82, 2.24) is 20.3 Å². The SMILES string of the molecule is COc1cc2c(Nc3ccc(Br)c(F)c3)nnnc2cc1OCCCN1CCOCC1. The highest BCUT2D eigenvalue weighted by molar-refractivity contribution is 9.10.